The number of nitrogens with zero attached hydrogens (tertiary/aromatic N) is 3. The molecule has 0 saturated carbocycles. The van der Waals surface area contributed by atoms with E-state index >= 15 is 0 Å². The van der Waals surface area contributed by atoms with Gasteiger partial charge in [0.2, 0.25) is 0 Å². The molecule has 0 spiro atoms. The lowest BCUT2D eigenvalue weighted by molar-refractivity contribution is 0.0633. The van der Waals surface area contributed by atoms with Gasteiger partial charge in [0.25, 0.3) is 5.91 Å². The average Bonchev–Trinajstić information content (AvgIpc) is 3.25. The number of hydrogen-bond acceptors (Lipinski definition) is 3. The number of benzene rings is 1. The summed E-state index contributed by atoms with van der Waals surface area (Å²) >= 11 is 1.59. The molecule has 2 aromatic heterocycles. The number of likely N-dealkylation sites (N-methyl/N-ethyl adjacent to an activating group) is 1. The van der Waals surface area contributed by atoms with Crippen LogP contribution in [0.3, 0.4) is 0 Å². The molecule has 6 heteroatoms. The van der Waals surface area contributed by atoms with E-state index in [1.54, 1.807) is 23.5 Å². The Balaban J connectivity index is 1.66. The van der Waals surface area contributed by atoms with Crippen molar-refractivity contribution < 1.29 is 9.18 Å². The second kappa shape index (κ2) is 7.21. The Morgan fingerprint density at radius 1 is 1.15 bits per heavy atom. The number of carbonyl (C=O) groups excluding carboxylic acids is 1. The van der Waals surface area contributed by atoms with Crippen LogP contribution in [0.15, 0.2) is 41.8 Å². The van der Waals surface area contributed by atoms with Crippen LogP contribution in [0.4, 0.5) is 4.39 Å². The summed E-state index contributed by atoms with van der Waals surface area (Å²) in [6, 6.07) is 10.7. The van der Waals surface area contributed by atoms with Crippen LogP contribution >= 0.6 is 11.3 Å². The fourth-order valence-electron chi connectivity index (χ4n) is 3.54. The number of piperazine rings is 1. The van der Waals surface area contributed by atoms with Gasteiger partial charge in [-0.05, 0) is 30.1 Å². The molecule has 0 unspecified atom stereocenters. The third kappa shape index (κ3) is 3.15. The molecule has 1 saturated heterocycles. The van der Waals surface area contributed by atoms with E-state index in [1.807, 2.05) is 33.0 Å². The van der Waals surface area contributed by atoms with Gasteiger partial charge in [0, 0.05) is 37.1 Å². The summed E-state index contributed by atoms with van der Waals surface area (Å²) in [7, 11) is 0. The number of rotatable bonds is 4. The van der Waals surface area contributed by atoms with Gasteiger partial charge in [-0.2, -0.15) is 0 Å². The Kier molecular flexibility index (Phi) is 4.78. The van der Waals surface area contributed by atoms with E-state index in [0.717, 1.165) is 42.9 Å². The van der Waals surface area contributed by atoms with Crippen molar-refractivity contribution in [2.45, 2.75) is 13.5 Å². The summed E-state index contributed by atoms with van der Waals surface area (Å²) in [5.41, 5.74) is 1.25. The molecule has 1 aliphatic heterocycles. The number of aromatic nitrogens is 1. The van der Waals surface area contributed by atoms with E-state index in [-0.39, 0.29) is 11.7 Å². The van der Waals surface area contributed by atoms with E-state index in [4.69, 9.17) is 0 Å². The zero-order valence-corrected chi connectivity index (χ0v) is 15.6. The Bertz CT molecular complexity index is 924. The van der Waals surface area contributed by atoms with Gasteiger partial charge >= 0.3 is 0 Å². The summed E-state index contributed by atoms with van der Waals surface area (Å²) in [4.78, 5) is 18.4. The maximum absolute atomic E-state index is 14.2. The highest BCUT2D eigenvalue weighted by Gasteiger charge is 2.25. The molecule has 1 amide bonds. The molecule has 1 aliphatic rings. The summed E-state index contributed by atoms with van der Waals surface area (Å²) < 4.78 is 16.1. The molecule has 4 nitrogen and oxygen atoms in total. The van der Waals surface area contributed by atoms with Gasteiger partial charge in [-0.3, -0.25) is 4.79 Å². The molecule has 26 heavy (non-hydrogen) atoms. The Morgan fingerprint density at radius 3 is 2.65 bits per heavy atom. The number of amides is 1. The average molecular weight is 371 g/mol. The zero-order valence-electron chi connectivity index (χ0n) is 14.8. The molecule has 3 heterocycles. The smallest absolute Gasteiger partial charge is 0.270 e. The van der Waals surface area contributed by atoms with Crippen molar-refractivity contribution >= 4 is 27.5 Å². The Hall–Kier alpha value is -2.18. The molecule has 0 N–H and O–H groups in total. The van der Waals surface area contributed by atoms with Crippen molar-refractivity contribution in [1.29, 1.82) is 0 Å². The molecule has 4 rings (SSSR count). The van der Waals surface area contributed by atoms with Crippen molar-refractivity contribution in [3.8, 4) is 0 Å². The SMILES string of the molecule is CCN1CCN(C(=O)c2cc3ccsc3n2Cc2ccccc2F)CC1. The Labute approximate surface area is 156 Å². The minimum absolute atomic E-state index is 0.0421. The minimum Gasteiger partial charge on any atom is -0.335 e. The van der Waals surface area contributed by atoms with Gasteiger partial charge in [-0.25, -0.2) is 4.39 Å². The first-order valence-corrected chi connectivity index (χ1v) is 9.87. The van der Waals surface area contributed by atoms with Crippen LogP contribution in [-0.2, 0) is 6.54 Å². The lowest BCUT2D eigenvalue weighted by atomic mass is 10.2. The number of thiophene rings is 1. The number of halogens is 1. The molecule has 1 aromatic carbocycles. The predicted octanol–water partition coefficient (Wildman–Crippen LogP) is 3.67. The largest absolute Gasteiger partial charge is 0.335 e. The number of carbonyl (C=O) groups is 1. The van der Waals surface area contributed by atoms with Crippen LogP contribution in [0.2, 0.25) is 0 Å². The van der Waals surface area contributed by atoms with Gasteiger partial charge in [0.15, 0.2) is 0 Å². The summed E-state index contributed by atoms with van der Waals surface area (Å²) in [6.07, 6.45) is 0. The highest BCUT2D eigenvalue weighted by molar-refractivity contribution is 7.16. The van der Waals surface area contributed by atoms with E-state index < -0.39 is 0 Å². The third-order valence-electron chi connectivity index (χ3n) is 5.11. The monoisotopic (exact) mass is 371 g/mol. The molecule has 0 bridgehead atoms. The molecule has 0 aliphatic carbocycles. The van der Waals surface area contributed by atoms with E-state index in [0.29, 0.717) is 17.8 Å². The first kappa shape index (κ1) is 17.2. The normalized spacial score (nSPS) is 15.7. The molecule has 1 fully saturated rings. The zero-order chi connectivity index (χ0) is 18.1. The maximum atomic E-state index is 14.2. The van der Waals surface area contributed by atoms with Gasteiger partial charge in [-0.15, -0.1) is 11.3 Å². The molecule has 0 atom stereocenters. The van der Waals surface area contributed by atoms with Gasteiger partial charge < -0.3 is 14.4 Å². The van der Waals surface area contributed by atoms with E-state index in [1.165, 1.54) is 6.07 Å². The lowest BCUT2D eigenvalue weighted by Crippen LogP contribution is -2.48. The summed E-state index contributed by atoms with van der Waals surface area (Å²) in [5, 5.41) is 3.05. The number of hydrogen-bond donors (Lipinski definition) is 0. The van der Waals surface area contributed by atoms with Gasteiger partial charge in [0.05, 0.1) is 6.54 Å². The van der Waals surface area contributed by atoms with Crippen LogP contribution in [0.25, 0.3) is 10.2 Å². The second-order valence-electron chi connectivity index (χ2n) is 6.61. The first-order chi connectivity index (χ1) is 12.7. The van der Waals surface area contributed by atoms with Crippen LogP contribution in [-0.4, -0.2) is 53.0 Å². The highest BCUT2D eigenvalue weighted by atomic mass is 32.1. The van der Waals surface area contributed by atoms with E-state index in [9.17, 15) is 9.18 Å². The second-order valence-corrected chi connectivity index (χ2v) is 7.51. The molecule has 136 valence electrons. The van der Waals surface area contributed by atoms with Crippen molar-refractivity contribution in [3.05, 3.63) is 58.9 Å². The van der Waals surface area contributed by atoms with Crippen molar-refractivity contribution in [2.75, 3.05) is 32.7 Å². The first-order valence-electron chi connectivity index (χ1n) is 8.99. The Morgan fingerprint density at radius 2 is 1.92 bits per heavy atom. The van der Waals surface area contributed by atoms with Crippen LogP contribution < -0.4 is 0 Å². The van der Waals surface area contributed by atoms with E-state index in [2.05, 4.69) is 11.8 Å². The van der Waals surface area contributed by atoms with Gasteiger partial charge in [-0.1, -0.05) is 25.1 Å². The van der Waals surface area contributed by atoms with Crippen molar-refractivity contribution in [3.63, 3.8) is 0 Å². The maximum Gasteiger partial charge on any atom is 0.270 e. The van der Waals surface area contributed by atoms with Crippen LogP contribution in [0.1, 0.15) is 23.0 Å². The fraction of sp³-hybridized carbons (Fsp3) is 0.350. The molecular formula is C20H22FN3OS. The molecule has 0 radical (unpaired) electrons. The summed E-state index contributed by atoms with van der Waals surface area (Å²) in [5.74, 6) is -0.193. The van der Waals surface area contributed by atoms with Gasteiger partial charge in [0.1, 0.15) is 16.3 Å². The standard InChI is InChI=1S/C20H22FN3OS/c1-2-22-8-10-23(11-9-22)19(25)18-13-15-7-12-26-20(15)24(18)14-16-5-3-4-6-17(16)21/h3-7,12-13H,2,8-11,14H2,1H3. The topological polar surface area (TPSA) is 28.5 Å². The van der Waals surface area contributed by atoms with Crippen molar-refractivity contribution in [2.24, 2.45) is 0 Å². The third-order valence-corrected chi connectivity index (χ3v) is 6.07. The predicted molar refractivity (Wildman–Crippen MR) is 103 cm³/mol. The molecule has 3 aromatic rings. The molecular weight excluding hydrogens is 349 g/mol. The van der Waals surface area contributed by atoms with Crippen molar-refractivity contribution in [1.82, 2.24) is 14.4 Å². The quantitative estimate of drug-likeness (QED) is 0.700. The highest BCUT2D eigenvalue weighted by Crippen LogP contribution is 2.28. The summed E-state index contributed by atoms with van der Waals surface area (Å²) in [6.45, 7) is 6.82. The number of fused-ring (bicyclic) bond motifs is 1. The fourth-order valence-corrected chi connectivity index (χ4v) is 4.43. The minimum atomic E-state index is -0.235. The van der Waals surface area contributed by atoms with Crippen LogP contribution in [0, 0.1) is 5.82 Å². The van der Waals surface area contributed by atoms with Crippen LogP contribution in [0.5, 0.6) is 0 Å². The lowest BCUT2D eigenvalue weighted by Gasteiger charge is -2.34.